The molecular weight excluding hydrogens is 278 g/mol. The fourth-order valence-electron chi connectivity index (χ4n) is 3.83. The predicted molar refractivity (Wildman–Crippen MR) is 76.7 cm³/mol. The van der Waals surface area contributed by atoms with Crippen LogP contribution in [0.5, 0.6) is 0 Å². The number of amides is 1. The fourth-order valence-corrected chi connectivity index (χ4v) is 3.83. The lowest BCUT2D eigenvalue weighted by molar-refractivity contribution is -0.0589. The molecule has 2 fully saturated rings. The van der Waals surface area contributed by atoms with Crippen LogP contribution in [0.15, 0.2) is 0 Å². The second-order valence-corrected chi connectivity index (χ2v) is 7.49. The van der Waals surface area contributed by atoms with Crippen LogP contribution in [-0.4, -0.2) is 59.1 Å². The van der Waals surface area contributed by atoms with Crippen LogP contribution in [0.1, 0.15) is 40.0 Å². The number of nitrogens with zero attached hydrogens (tertiary/aromatic N) is 2. The minimum absolute atomic E-state index is 0.0440. The van der Waals surface area contributed by atoms with Crippen molar-refractivity contribution in [3.63, 3.8) is 0 Å². The highest BCUT2D eigenvalue weighted by Gasteiger charge is 2.45. The number of hydrogen-bond acceptors (Lipinski definition) is 2. The Kier molecular flexibility index (Phi) is 4.47. The number of carboxylic acid groups (broad SMARTS) is 1. The van der Waals surface area contributed by atoms with E-state index in [9.17, 15) is 18.7 Å². The largest absolute Gasteiger partial charge is 0.465 e. The van der Waals surface area contributed by atoms with Gasteiger partial charge in [-0.05, 0) is 17.8 Å². The highest BCUT2D eigenvalue weighted by atomic mass is 19.3. The normalized spacial score (nSPS) is 30.6. The van der Waals surface area contributed by atoms with Crippen molar-refractivity contribution in [1.29, 1.82) is 0 Å². The van der Waals surface area contributed by atoms with E-state index in [1.54, 1.807) is 0 Å². The van der Waals surface area contributed by atoms with Crippen molar-refractivity contribution in [3.8, 4) is 0 Å². The average Bonchev–Trinajstić information content (AvgIpc) is 2.75. The van der Waals surface area contributed by atoms with E-state index < -0.39 is 12.0 Å². The maximum Gasteiger partial charge on any atom is 0.407 e. The summed E-state index contributed by atoms with van der Waals surface area (Å²) < 4.78 is 26.4. The van der Waals surface area contributed by atoms with Gasteiger partial charge in [-0.15, -0.1) is 0 Å². The van der Waals surface area contributed by atoms with Crippen LogP contribution in [0, 0.1) is 11.3 Å². The topological polar surface area (TPSA) is 43.8 Å². The van der Waals surface area contributed by atoms with E-state index in [0.29, 0.717) is 19.6 Å². The smallest absolute Gasteiger partial charge is 0.407 e. The molecule has 0 spiro atoms. The van der Waals surface area contributed by atoms with Gasteiger partial charge in [0.15, 0.2) is 0 Å². The summed E-state index contributed by atoms with van der Waals surface area (Å²) in [6, 6.07) is -0.0440. The summed E-state index contributed by atoms with van der Waals surface area (Å²) >= 11 is 0. The summed E-state index contributed by atoms with van der Waals surface area (Å²) in [6.07, 6.45) is -0.214. The van der Waals surface area contributed by atoms with Gasteiger partial charge in [0, 0.05) is 45.1 Å². The highest BCUT2D eigenvalue weighted by molar-refractivity contribution is 5.66. The molecule has 2 rings (SSSR count). The monoisotopic (exact) mass is 304 g/mol. The van der Waals surface area contributed by atoms with Crippen molar-refractivity contribution < 1.29 is 18.7 Å². The number of piperidine rings is 1. The molecule has 122 valence electrons. The van der Waals surface area contributed by atoms with Crippen LogP contribution in [0.2, 0.25) is 0 Å². The summed E-state index contributed by atoms with van der Waals surface area (Å²) in [5.41, 5.74) is -0.140. The Hall–Kier alpha value is -0.910. The van der Waals surface area contributed by atoms with Crippen LogP contribution >= 0.6 is 0 Å². The summed E-state index contributed by atoms with van der Waals surface area (Å²) in [4.78, 5) is 15.0. The van der Waals surface area contributed by atoms with Crippen molar-refractivity contribution >= 4 is 6.09 Å². The molecule has 4 nitrogen and oxygen atoms in total. The number of alkyl halides is 2. The van der Waals surface area contributed by atoms with Crippen molar-refractivity contribution in [3.05, 3.63) is 0 Å². The van der Waals surface area contributed by atoms with Crippen LogP contribution in [-0.2, 0) is 0 Å². The Bertz CT molecular complexity index is 386. The van der Waals surface area contributed by atoms with Crippen LogP contribution in [0.25, 0.3) is 0 Å². The zero-order chi connectivity index (χ0) is 15.8. The fraction of sp³-hybridized carbons (Fsp3) is 0.933. The molecule has 2 heterocycles. The molecule has 0 aliphatic carbocycles. The quantitative estimate of drug-likeness (QED) is 0.852. The Morgan fingerprint density at radius 3 is 2.29 bits per heavy atom. The van der Waals surface area contributed by atoms with Crippen molar-refractivity contribution in [1.82, 2.24) is 9.80 Å². The van der Waals surface area contributed by atoms with Gasteiger partial charge in [0.1, 0.15) is 0 Å². The second-order valence-electron chi connectivity index (χ2n) is 7.49. The summed E-state index contributed by atoms with van der Waals surface area (Å²) in [5.74, 6) is -2.30. The third kappa shape index (κ3) is 3.84. The van der Waals surface area contributed by atoms with E-state index in [4.69, 9.17) is 0 Å². The van der Waals surface area contributed by atoms with Gasteiger partial charge in [-0.2, -0.15) is 0 Å². The first-order valence-electron chi connectivity index (χ1n) is 7.70. The molecular formula is C15H26F2N2O2. The van der Waals surface area contributed by atoms with Gasteiger partial charge in [0.2, 0.25) is 0 Å². The standard InChI is InChI=1S/C15H26F2N2O2/c1-14(2,3)12-11(4-7-19(12)13(20)21)10-18-8-5-15(16,17)6-9-18/h11-12H,4-10H2,1-3H3,(H,20,21). The second kappa shape index (κ2) is 5.71. The minimum Gasteiger partial charge on any atom is -0.465 e. The maximum absolute atomic E-state index is 13.2. The van der Waals surface area contributed by atoms with Gasteiger partial charge in [-0.1, -0.05) is 20.8 Å². The Morgan fingerprint density at radius 2 is 1.81 bits per heavy atom. The van der Waals surface area contributed by atoms with Crippen molar-refractivity contribution in [2.24, 2.45) is 11.3 Å². The molecule has 0 bridgehead atoms. The van der Waals surface area contributed by atoms with Gasteiger partial charge < -0.3 is 14.9 Å². The summed E-state index contributed by atoms with van der Waals surface area (Å²) in [7, 11) is 0. The molecule has 2 atom stereocenters. The molecule has 0 aromatic rings. The van der Waals surface area contributed by atoms with Crippen LogP contribution in [0.4, 0.5) is 13.6 Å². The Balaban J connectivity index is 2.01. The summed E-state index contributed by atoms with van der Waals surface area (Å²) in [5, 5.41) is 9.35. The molecule has 1 N–H and O–H groups in total. The Labute approximate surface area is 125 Å². The van der Waals surface area contributed by atoms with E-state index in [2.05, 4.69) is 25.7 Å². The zero-order valence-electron chi connectivity index (χ0n) is 13.1. The molecule has 6 heteroatoms. The molecule has 2 aliphatic rings. The van der Waals surface area contributed by atoms with Gasteiger partial charge >= 0.3 is 6.09 Å². The molecule has 0 aromatic heterocycles. The first-order chi connectivity index (χ1) is 9.60. The van der Waals surface area contributed by atoms with Crippen molar-refractivity contribution in [2.75, 3.05) is 26.2 Å². The van der Waals surface area contributed by atoms with Gasteiger partial charge in [-0.25, -0.2) is 13.6 Å². The molecule has 0 saturated carbocycles. The lowest BCUT2D eigenvalue weighted by Crippen LogP contribution is -2.49. The molecule has 0 aromatic carbocycles. The van der Waals surface area contributed by atoms with Gasteiger partial charge in [0.05, 0.1) is 0 Å². The SMILES string of the molecule is CC(C)(C)C1C(CN2CCC(F)(F)CC2)CCN1C(=O)O. The zero-order valence-corrected chi connectivity index (χ0v) is 13.1. The maximum atomic E-state index is 13.2. The number of likely N-dealkylation sites (tertiary alicyclic amines) is 2. The van der Waals surface area contributed by atoms with Gasteiger partial charge in [-0.3, -0.25) is 0 Å². The molecule has 0 radical (unpaired) electrons. The van der Waals surface area contributed by atoms with Crippen LogP contribution in [0.3, 0.4) is 0 Å². The van der Waals surface area contributed by atoms with Crippen molar-refractivity contribution in [2.45, 2.75) is 52.0 Å². The first kappa shape index (κ1) is 16.5. The Morgan fingerprint density at radius 1 is 1.24 bits per heavy atom. The number of rotatable bonds is 2. The average molecular weight is 304 g/mol. The van der Waals surface area contributed by atoms with E-state index in [1.165, 1.54) is 4.90 Å². The lowest BCUT2D eigenvalue weighted by Gasteiger charge is -2.40. The van der Waals surface area contributed by atoms with E-state index in [1.807, 2.05) is 0 Å². The van der Waals surface area contributed by atoms with Crippen LogP contribution < -0.4 is 0 Å². The highest BCUT2D eigenvalue weighted by Crippen LogP contribution is 2.38. The lowest BCUT2D eigenvalue weighted by atomic mass is 9.79. The number of carbonyl (C=O) groups is 1. The molecule has 2 aliphatic heterocycles. The number of halogens is 2. The predicted octanol–water partition coefficient (Wildman–Crippen LogP) is 3.13. The first-order valence-corrected chi connectivity index (χ1v) is 7.70. The molecule has 2 unspecified atom stereocenters. The molecule has 21 heavy (non-hydrogen) atoms. The van der Waals surface area contributed by atoms with E-state index >= 15 is 0 Å². The summed E-state index contributed by atoms with van der Waals surface area (Å²) in [6.45, 7) is 8.25. The number of hydrogen-bond donors (Lipinski definition) is 1. The molecule has 2 saturated heterocycles. The third-order valence-electron chi connectivity index (χ3n) is 4.74. The van der Waals surface area contributed by atoms with E-state index in [0.717, 1.165) is 13.0 Å². The molecule has 1 amide bonds. The van der Waals surface area contributed by atoms with Gasteiger partial charge in [0.25, 0.3) is 5.92 Å². The van der Waals surface area contributed by atoms with E-state index in [-0.39, 0.29) is 30.2 Å². The minimum atomic E-state index is -2.53. The third-order valence-corrected chi connectivity index (χ3v) is 4.74.